The standard InChI is InChI=1S/C23H23N5O3/c1-16-5-3-4-6-18(16)14-27-15-25-21-20(23(27)30)13-26-28(21)12-11-24-22(29)17-7-9-19(31-2)10-8-17/h3-10,13,15H,11-12,14H2,1-2H3,(H,24,29). The van der Waals surface area contributed by atoms with Crippen molar-refractivity contribution in [2.75, 3.05) is 13.7 Å². The number of ether oxygens (including phenoxy) is 1. The quantitative estimate of drug-likeness (QED) is 0.499. The monoisotopic (exact) mass is 417 g/mol. The summed E-state index contributed by atoms with van der Waals surface area (Å²) in [4.78, 5) is 29.6. The number of benzene rings is 2. The molecule has 2 aromatic heterocycles. The second-order valence-corrected chi connectivity index (χ2v) is 7.19. The van der Waals surface area contributed by atoms with E-state index in [1.54, 1.807) is 47.0 Å². The summed E-state index contributed by atoms with van der Waals surface area (Å²) in [7, 11) is 1.58. The normalized spacial score (nSPS) is 10.9. The molecule has 0 spiro atoms. The molecule has 158 valence electrons. The maximum atomic E-state index is 12.9. The van der Waals surface area contributed by atoms with Crippen LogP contribution in [-0.2, 0) is 13.1 Å². The highest BCUT2D eigenvalue weighted by molar-refractivity contribution is 5.94. The third-order valence-corrected chi connectivity index (χ3v) is 5.19. The molecule has 8 heteroatoms. The second kappa shape index (κ2) is 8.83. The topological polar surface area (TPSA) is 91.0 Å². The lowest BCUT2D eigenvalue weighted by Crippen LogP contribution is -2.27. The van der Waals surface area contributed by atoms with Crippen molar-refractivity contribution in [1.29, 1.82) is 0 Å². The number of nitrogens with zero attached hydrogens (tertiary/aromatic N) is 4. The van der Waals surface area contributed by atoms with Gasteiger partial charge in [-0.25, -0.2) is 9.67 Å². The predicted octanol–water partition coefficient (Wildman–Crippen LogP) is 2.39. The molecule has 0 bridgehead atoms. The average Bonchev–Trinajstić information content (AvgIpc) is 3.21. The molecular formula is C23H23N5O3. The Morgan fingerprint density at radius 1 is 1.13 bits per heavy atom. The molecule has 0 aliphatic carbocycles. The summed E-state index contributed by atoms with van der Waals surface area (Å²) in [6, 6.07) is 14.8. The van der Waals surface area contributed by atoms with Crippen molar-refractivity contribution >= 4 is 16.9 Å². The van der Waals surface area contributed by atoms with Gasteiger partial charge in [0.1, 0.15) is 17.5 Å². The molecule has 0 atom stereocenters. The van der Waals surface area contributed by atoms with Gasteiger partial charge in [-0.15, -0.1) is 0 Å². The van der Waals surface area contributed by atoms with Gasteiger partial charge in [0.2, 0.25) is 0 Å². The number of methoxy groups -OCH3 is 1. The van der Waals surface area contributed by atoms with Gasteiger partial charge in [-0.1, -0.05) is 24.3 Å². The number of hydrogen-bond acceptors (Lipinski definition) is 5. The smallest absolute Gasteiger partial charge is 0.264 e. The van der Waals surface area contributed by atoms with Crippen molar-refractivity contribution < 1.29 is 9.53 Å². The first-order valence-corrected chi connectivity index (χ1v) is 9.94. The molecule has 1 N–H and O–H groups in total. The molecule has 31 heavy (non-hydrogen) atoms. The number of aromatic nitrogens is 4. The van der Waals surface area contributed by atoms with Crippen molar-refractivity contribution in [2.24, 2.45) is 0 Å². The molecule has 1 amide bonds. The number of nitrogens with one attached hydrogen (secondary N) is 1. The minimum Gasteiger partial charge on any atom is -0.497 e. The van der Waals surface area contributed by atoms with Crippen LogP contribution >= 0.6 is 0 Å². The average molecular weight is 417 g/mol. The van der Waals surface area contributed by atoms with Crippen molar-refractivity contribution in [3.63, 3.8) is 0 Å². The summed E-state index contributed by atoms with van der Waals surface area (Å²) >= 11 is 0. The first-order chi connectivity index (χ1) is 15.1. The zero-order chi connectivity index (χ0) is 21.8. The summed E-state index contributed by atoms with van der Waals surface area (Å²) in [6.07, 6.45) is 3.08. The van der Waals surface area contributed by atoms with Crippen molar-refractivity contribution in [3.05, 3.63) is 88.1 Å². The van der Waals surface area contributed by atoms with Crippen LogP contribution in [-0.4, -0.2) is 38.9 Å². The first-order valence-electron chi connectivity index (χ1n) is 9.94. The van der Waals surface area contributed by atoms with Gasteiger partial charge >= 0.3 is 0 Å². The van der Waals surface area contributed by atoms with E-state index in [0.717, 1.165) is 11.1 Å². The minimum absolute atomic E-state index is 0.137. The highest BCUT2D eigenvalue weighted by Crippen LogP contribution is 2.12. The van der Waals surface area contributed by atoms with Crippen molar-refractivity contribution in [1.82, 2.24) is 24.6 Å². The SMILES string of the molecule is COc1ccc(C(=O)NCCn2ncc3c(=O)n(Cc4ccccc4C)cnc32)cc1. The van der Waals surface area contributed by atoms with Crippen LogP contribution in [0.2, 0.25) is 0 Å². The Morgan fingerprint density at radius 3 is 2.65 bits per heavy atom. The highest BCUT2D eigenvalue weighted by atomic mass is 16.5. The summed E-state index contributed by atoms with van der Waals surface area (Å²) in [6.45, 7) is 3.23. The third kappa shape index (κ3) is 4.32. The third-order valence-electron chi connectivity index (χ3n) is 5.19. The lowest BCUT2D eigenvalue weighted by molar-refractivity contribution is 0.0952. The lowest BCUT2D eigenvalue weighted by Gasteiger charge is -2.09. The zero-order valence-electron chi connectivity index (χ0n) is 17.4. The maximum Gasteiger partial charge on any atom is 0.264 e. The maximum absolute atomic E-state index is 12.9. The first kappa shape index (κ1) is 20.3. The highest BCUT2D eigenvalue weighted by Gasteiger charge is 2.12. The summed E-state index contributed by atoms with van der Waals surface area (Å²) in [5.74, 6) is 0.506. The van der Waals surface area contributed by atoms with E-state index < -0.39 is 0 Å². The van der Waals surface area contributed by atoms with E-state index >= 15 is 0 Å². The molecule has 8 nitrogen and oxygen atoms in total. The molecular weight excluding hydrogens is 394 g/mol. The minimum atomic E-state index is -0.187. The molecule has 0 radical (unpaired) electrons. The Labute approximate surface area is 179 Å². The summed E-state index contributed by atoms with van der Waals surface area (Å²) in [5, 5.41) is 7.60. The van der Waals surface area contributed by atoms with E-state index in [-0.39, 0.29) is 11.5 Å². The summed E-state index contributed by atoms with van der Waals surface area (Å²) < 4.78 is 8.31. The number of amides is 1. The van der Waals surface area contributed by atoms with Crippen LogP contribution in [0.15, 0.2) is 65.8 Å². The number of rotatable bonds is 7. The number of aryl methyl sites for hydroxylation is 1. The largest absolute Gasteiger partial charge is 0.497 e. The Kier molecular flexibility index (Phi) is 5.79. The van der Waals surface area contributed by atoms with Gasteiger partial charge in [0.25, 0.3) is 11.5 Å². The molecule has 2 aromatic carbocycles. The van der Waals surface area contributed by atoms with Gasteiger partial charge < -0.3 is 10.1 Å². The second-order valence-electron chi connectivity index (χ2n) is 7.19. The van der Waals surface area contributed by atoms with E-state index in [9.17, 15) is 9.59 Å². The fourth-order valence-electron chi connectivity index (χ4n) is 3.36. The summed E-state index contributed by atoms with van der Waals surface area (Å²) in [5.41, 5.74) is 3.10. The molecule has 4 rings (SSSR count). The lowest BCUT2D eigenvalue weighted by atomic mass is 10.1. The van der Waals surface area contributed by atoms with Crippen LogP contribution in [0, 0.1) is 6.92 Å². The number of fused-ring (bicyclic) bond motifs is 1. The molecule has 0 aliphatic rings. The fraction of sp³-hybridized carbons (Fsp3) is 0.217. The van der Waals surface area contributed by atoms with E-state index in [1.807, 2.05) is 31.2 Å². The van der Waals surface area contributed by atoms with Crippen molar-refractivity contribution in [2.45, 2.75) is 20.0 Å². The number of carbonyl (C=O) groups excluding carboxylic acids is 1. The Balaban J connectivity index is 1.44. The number of hydrogen-bond donors (Lipinski definition) is 1. The molecule has 4 aromatic rings. The molecule has 0 fully saturated rings. The van der Waals surface area contributed by atoms with Crippen LogP contribution in [0.25, 0.3) is 11.0 Å². The molecule has 2 heterocycles. The molecule has 0 saturated carbocycles. The Hall–Kier alpha value is -3.94. The van der Waals surface area contributed by atoms with Gasteiger partial charge in [0.15, 0.2) is 5.65 Å². The fourth-order valence-corrected chi connectivity index (χ4v) is 3.36. The van der Waals surface area contributed by atoms with Gasteiger partial charge in [-0.05, 0) is 42.3 Å². The number of carbonyl (C=O) groups is 1. The van der Waals surface area contributed by atoms with Crippen LogP contribution in [0.4, 0.5) is 0 Å². The van der Waals surface area contributed by atoms with Gasteiger partial charge in [0, 0.05) is 12.1 Å². The Morgan fingerprint density at radius 2 is 1.90 bits per heavy atom. The van der Waals surface area contributed by atoms with Crippen LogP contribution < -0.4 is 15.6 Å². The van der Waals surface area contributed by atoms with E-state index in [2.05, 4.69) is 15.4 Å². The Bertz CT molecular complexity index is 1270. The van der Waals surface area contributed by atoms with Crippen LogP contribution in [0.3, 0.4) is 0 Å². The predicted molar refractivity (Wildman–Crippen MR) is 117 cm³/mol. The molecule has 0 saturated heterocycles. The van der Waals surface area contributed by atoms with Gasteiger partial charge in [-0.2, -0.15) is 5.10 Å². The molecule has 0 aliphatic heterocycles. The van der Waals surface area contributed by atoms with Crippen LogP contribution in [0.5, 0.6) is 5.75 Å². The van der Waals surface area contributed by atoms with Crippen molar-refractivity contribution in [3.8, 4) is 5.75 Å². The van der Waals surface area contributed by atoms with E-state index in [4.69, 9.17) is 4.74 Å². The van der Waals surface area contributed by atoms with Crippen LogP contribution in [0.1, 0.15) is 21.5 Å². The van der Waals surface area contributed by atoms with E-state index in [0.29, 0.717) is 42.0 Å². The van der Waals surface area contributed by atoms with E-state index in [1.165, 1.54) is 6.20 Å². The van der Waals surface area contributed by atoms with Gasteiger partial charge in [-0.3, -0.25) is 14.2 Å². The zero-order valence-corrected chi connectivity index (χ0v) is 17.4. The molecule has 0 unspecified atom stereocenters. The van der Waals surface area contributed by atoms with Gasteiger partial charge in [0.05, 0.1) is 26.4 Å².